The Morgan fingerprint density at radius 3 is 3.00 bits per heavy atom. The van der Waals surface area contributed by atoms with Crippen LogP contribution in [0.2, 0.25) is 0 Å². The van der Waals surface area contributed by atoms with Crippen LogP contribution >= 0.6 is 11.5 Å². The number of non-ortho nitro benzene ring substituents is 1. The van der Waals surface area contributed by atoms with Gasteiger partial charge in [0.15, 0.2) is 0 Å². The Labute approximate surface area is 98.4 Å². The topological polar surface area (TPSA) is 97.6 Å². The maximum Gasteiger partial charge on any atom is 0.281 e. The fourth-order valence-corrected chi connectivity index (χ4v) is 2.12. The molecule has 0 aliphatic carbocycles. The molecule has 84 valence electrons. The Bertz CT molecular complexity index is 691. The first kappa shape index (κ1) is 9.85. The average Bonchev–Trinajstić information content (AvgIpc) is 2.98. The maximum absolute atomic E-state index is 11.0. The Hall–Kier alpha value is -2.35. The molecular formula is C9H5N5O2S. The summed E-state index contributed by atoms with van der Waals surface area (Å²) >= 11 is 1.19. The molecule has 0 aliphatic rings. The van der Waals surface area contributed by atoms with Crippen molar-refractivity contribution in [3.05, 3.63) is 34.8 Å². The molecule has 0 amide bonds. The molecule has 0 bridgehead atoms. The first-order chi connectivity index (χ1) is 8.25. The van der Waals surface area contributed by atoms with E-state index < -0.39 is 4.92 Å². The van der Waals surface area contributed by atoms with Crippen LogP contribution in [0.4, 0.5) is 5.69 Å². The van der Waals surface area contributed by atoms with E-state index in [4.69, 9.17) is 0 Å². The quantitative estimate of drug-likeness (QED) is 0.551. The Morgan fingerprint density at radius 2 is 2.29 bits per heavy atom. The number of rotatable bonds is 2. The number of nitrogens with zero attached hydrogens (tertiary/aromatic N) is 4. The fraction of sp³-hybridized carbons (Fsp3) is 0. The number of benzene rings is 1. The summed E-state index contributed by atoms with van der Waals surface area (Å²) < 4.78 is 3.88. The van der Waals surface area contributed by atoms with Crippen LogP contribution in [0.5, 0.6) is 0 Å². The van der Waals surface area contributed by atoms with Gasteiger partial charge in [-0.2, -0.15) is 9.47 Å². The summed E-state index contributed by atoms with van der Waals surface area (Å²) in [6.45, 7) is 0. The highest BCUT2D eigenvalue weighted by Crippen LogP contribution is 2.31. The molecule has 8 heteroatoms. The molecule has 0 spiro atoms. The van der Waals surface area contributed by atoms with Crippen molar-refractivity contribution in [1.29, 1.82) is 0 Å². The highest BCUT2D eigenvalue weighted by molar-refractivity contribution is 7.09. The van der Waals surface area contributed by atoms with Crippen molar-refractivity contribution in [2.75, 3.05) is 0 Å². The van der Waals surface area contributed by atoms with E-state index in [1.165, 1.54) is 30.1 Å². The lowest BCUT2D eigenvalue weighted by Crippen LogP contribution is -1.89. The molecule has 2 heterocycles. The first-order valence-electron chi connectivity index (χ1n) is 4.64. The van der Waals surface area contributed by atoms with E-state index in [1.54, 1.807) is 6.07 Å². The SMILES string of the molecule is O=[N+]([O-])c1cc(-c2ncns2)cc2[nH]ncc12. The standard InChI is InChI=1S/C9H5N5O2S/c15-14(16)8-2-5(9-10-4-12-17-9)1-7-6(8)3-11-13-7/h1-4H,(H,11,13). The lowest BCUT2D eigenvalue weighted by molar-refractivity contribution is -0.383. The molecule has 3 rings (SSSR count). The number of H-pyrrole nitrogens is 1. The number of hydrogen-bond donors (Lipinski definition) is 1. The molecule has 17 heavy (non-hydrogen) atoms. The van der Waals surface area contributed by atoms with Gasteiger partial charge in [-0.3, -0.25) is 15.2 Å². The molecule has 0 fully saturated rings. The lowest BCUT2D eigenvalue weighted by atomic mass is 10.1. The molecule has 0 unspecified atom stereocenters. The zero-order chi connectivity index (χ0) is 11.8. The van der Waals surface area contributed by atoms with Crippen molar-refractivity contribution in [2.24, 2.45) is 0 Å². The van der Waals surface area contributed by atoms with Gasteiger partial charge in [0.2, 0.25) is 0 Å². The van der Waals surface area contributed by atoms with Gasteiger partial charge in [0.05, 0.1) is 22.0 Å². The Kier molecular flexibility index (Phi) is 2.08. The van der Waals surface area contributed by atoms with Gasteiger partial charge in [-0.15, -0.1) is 0 Å². The number of hydrogen-bond acceptors (Lipinski definition) is 6. The zero-order valence-electron chi connectivity index (χ0n) is 8.32. The van der Waals surface area contributed by atoms with Gasteiger partial charge in [-0.05, 0) is 17.6 Å². The van der Waals surface area contributed by atoms with Crippen LogP contribution < -0.4 is 0 Å². The molecule has 0 atom stereocenters. The number of nitro benzene ring substituents is 1. The van der Waals surface area contributed by atoms with E-state index in [-0.39, 0.29) is 5.69 Å². The second kappa shape index (κ2) is 3.59. The molecule has 1 N–H and O–H groups in total. The zero-order valence-corrected chi connectivity index (χ0v) is 9.14. The second-order valence-corrected chi connectivity index (χ2v) is 4.11. The third-order valence-electron chi connectivity index (χ3n) is 2.34. The largest absolute Gasteiger partial charge is 0.281 e. The minimum absolute atomic E-state index is 0.0152. The average molecular weight is 247 g/mol. The van der Waals surface area contributed by atoms with Gasteiger partial charge in [0.1, 0.15) is 11.3 Å². The van der Waals surface area contributed by atoms with Crippen LogP contribution in [0.25, 0.3) is 21.5 Å². The second-order valence-electron chi connectivity index (χ2n) is 3.33. The lowest BCUT2D eigenvalue weighted by Gasteiger charge is -1.97. The molecule has 3 aromatic rings. The summed E-state index contributed by atoms with van der Waals surface area (Å²) in [5.41, 5.74) is 1.29. The van der Waals surface area contributed by atoms with Crippen LogP contribution in [-0.2, 0) is 0 Å². The summed E-state index contributed by atoms with van der Waals surface area (Å²) in [6, 6.07) is 3.26. The van der Waals surface area contributed by atoms with Gasteiger partial charge in [-0.25, -0.2) is 4.98 Å². The summed E-state index contributed by atoms with van der Waals surface area (Å²) in [4.78, 5) is 14.6. The molecule has 7 nitrogen and oxygen atoms in total. The minimum atomic E-state index is -0.428. The predicted molar refractivity (Wildman–Crippen MR) is 61.7 cm³/mol. The monoisotopic (exact) mass is 247 g/mol. The van der Waals surface area contributed by atoms with Crippen LogP contribution in [0, 0.1) is 10.1 Å². The summed E-state index contributed by atoms with van der Waals surface area (Å²) in [7, 11) is 0. The number of fused-ring (bicyclic) bond motifs is 1. The highest BCUT2D eigenvalue weighted by atomic mass is 32.1. The summed E-state index contributed by atoms with van der Waals surface area (Å²) in [6.07, 6.45) is 2.86. The van der Waals surface area contributed by atoms with E-state index in [1.807, 2.05) is 0 Å². The fourth-order valence-electron chi connectivity index (χ4n) is 1.61. The van der Waals surface area contributed by atoms with Gasteiger partial charge in [-0.1, -0.05) is 0 Å². The predicted octanol–water partition coefficient (Wildman–Crippen LogP) is 1.99. The molecule has 0 saturated heterocycles. The van der Waals surface area contributed by atoms with Crippen LogP contribution in [0.1, 0.15) is 0 Å². The van der Waals surface area contributed by atoms with Crippen molar-refractivity contribution in [1.82, 2.24) is 19.6 Å². The highest BCUT2D eigenvalue weighted by Gasteiger charge is 2.16. The van der Waals surface area contributed by atoms with Crippen molar-refractivity contribution in [2.45, 2.75) is 0 Å². The van der Waals surface area contributed by atoms with Crippen molar-refractivity contribution < 1.29 is 4.92 Å². The Balaban J connectivity index is 2.31. The van der Waals surface area contributed by atoms with E-state index in [0.29, 0.717) is 21.5 Å². The van der Waals surface area contributed by atoms with Crippen molar-refractivity contribution in [3.8, 4) is 10.6 Å². The molecule has 2 aromatic heterocycles. The number of nitrogens with one attached hydrogen (secondary N) is 1. The number of aromatic amines is 1. The minimum Gasteiger partial charge on any atom is -0.278 e. The molecule has 0 radical (unpaired) electrons. The van der Waals surface area contributed by atoms with E-state index in [0.717, 1.165) is 0 Å². The number of aromatic nitrogens is 4. The first-order valence-corrected chi connectivity index (χ1v) is 5.41. The van der Waals surface area contributed by atoms with Gasteiger partial charge >= 0.3 is 0 Å². The van der Waals surface area contributed by atoms with Gasteiger partial charge in [0, 0.05) is 11.6 Å². The van der Waals surface area contributed by atoms with Crippen LogP contribution in [-0.4, -0.2) is 24.5 Å². The molecule has 1 aromatic carbocycles. The van der Waals surface area contributed by atoms with Crippen LogP contribution in [0.15, 0.2) is 24.7 Å². The summed E-state index contributed by atoms with van der Waals surface area (Å²) in [5.74, 6) is 0. The third-order valence-corrected chi connectivity index (χ3v) is 3.06. The smallest absolute Gasteiger partial charge is 0.278 e. The molecular weight excluding hydrogens is 242 g/mol. The van der Waals surface area contributed by atoms with Crippen molar-refractivity contribution >= 4 is 28.1 Å². The Morgan fingerprint density at radius 1 is 1.41 bits per heavy atom. The molecule has 0 saturated carbocycles. The van der Waals surface area contributed by atoms with Gasteiger partial charge in [0.25, 0.3) is 5.69 Å². The van der Waals surface area contributed by atoms with Crippen LogP contribution in [0.3, 0.4) is 0 Å². The third kappa shape index (κ3) is 1.54. The summed E-state index contributed by atoms with van der Waals surface area (Å²) in [5, 5.41) is 18.6. The number of nitro groups is 1. The van der Waals surface area contributed by atoms with Gasteiger partial charge < -0.3 is 0 Å². The molecule has 0 aliphatic heterocycles. The normalized spacial score (nSPS) is 10.8. The van der Waals surface area contributed by atoms with E-state index in [9.17, 15) is 10.1 Å². The van der Waals surface area contributed by atoms with Crippen molar-refractivity contribution in [3.63, 3.8) is 0 Å². The maximum atomic E-state index is 11.0. The van der Waals surface area contributed by atoms with E-state index >= 15 is 0 Å². The van der Waals surface area contributed by atoms with E-state index in [2.05, 4.69) is 19.6 Å².